The Kier molecular flexibility index (Phi) is 8.32. The van der Waals surface area contributed by atoms with Crippen LogP contribution in [0.3, 0.4) is 0 Å². The quantitative estimate of drug-likeness (QED) is 0.172. The number of pyridine rings is 1. The van der Waals surface area contributed by atoms with Gasteiger partial charge in [0.25, 0.3) is 0 Å². The third-order valence-electron chi connectivity index (χ3n) is 7.40. The van der Waals surface area contributed by atoms with Crippen molar-refractivity contribution in [2.45, 2.75) is 38.0 Å². The summed E-state index contributed by atoms with van der Waals surface area (Å²) in [6.45, 7) is 0. The normalized spacial score (nSPS) is 15.0. The van der Waals surface area contributed by atoms with E-state index < -0.39 is 0 Å². The highest BCUT2D eigenvalue weighted by Crippen LogP contribution is 2.36. The van der Waals surface area contributed by atoms with Crippen LogP contribution in [0.5, 0.6) is 0 Å². The monoisotopic (exact) mass is 565 g/mol. The van der Waals surface area contributed by atoms with Crippen LogP contribution in [0.2, 0.25) is 5.02 Å². The maximum Gasteiger partial charge on any atom is 0.309 e. The zero-order valence-electron chi connectivity index (χ0n) is 22.5. The number of rotatable bonds is 4. The first-order chi connectivity index (χ1) is 19.9. The average Bonchev–Trinajstić information content (AvgIpc) is 2.97. The summed E-state index contributed by atoms with van der Waals surface area (Å²) in [7, 11) is 1.35. The van der Waals surface area contributed by atoms with Gasteiger partial charge in [0.15, 0.2) is 11.9 Å². The minimum atomic E-state index is -0.356. The number of aromatic nitrogens is 1. The number of esters is 1. The molecule has 206 valence electrons. The number of benzene rings is 3. The number of nitriles is 1. The summed E-state index contributed by atoms with van der Waals surface area (Å²) in [5.74, 6) is -0.668. The van der Waals surface area contributed by atoms with Crippen molar-refractivity contribution in [2.75, 3.05) is 12.4 Å². The number of amides is 1. The Morgan fingerprint density at radius 2 is 1.93 bits per heavy atom. The predicted octanol–water partition coefficient (Wildman–Crippen LogP) is 6.54. The number of ether oxygens (including phenoxy) is 1. The summed E-state index contributed by atoms with van der Waals surface area (Å²) in [6.07, 6.45) is 4.02. The first kappa shape index (κ1) is 27.9. The maximum atomic E-state index is 13.5. The molecule has 0 spiro atoms. The summed E-state index contributed by atoms with van der Waals surface area (Å²) in [5.41, 5.74) is 6.30. The van der Waals surface area contributed by atoms with Gasteiger partial charge in [-0.15, -0.1) is 0 Å². The number of hydrogen-bond acceptors (Lipinski definition) is 5. The van der Waals surface area contributed by atoms with Gasteiger partial charge in [-0.3, -0.25) is 9.59 Å². The van der Waals surface area contributed by atoms with Crippen molar-refractivity contribution < 1.29 is 19.1 Å². The van der Waals surface area contributed by atoms with E-state index in [9.17, 15) is 20.1 Å². The van der Waals surface area contributed by atoms with E-state index in [0.29, 0.717) is 52.4 Å². The minimum Gasteiger partial charge on any atom is -0.618 e. The smallest absolute Gasteiger partial charge is 0.309 e. The molecule has 0 saturated heterocycles. The molecular formula is C33H28ClN3O4. The zero-order chi connectivity index (χ0) is 28.9. The van der Waals surface area contributed by atoms with E-state index in [1.807, 2.05) is 48.5 Å². The molecule has 1 atom stereocenters. The second kappa shape index (κ2) is 12.2. The summed E-state index contributed by atoms with van der Waals surface area (Å²) >= 11 is 6.18. The largest absolute Gasteiger partial charge is 0.618 e. The number of halogens is 1. The van der Waals surface area contributed by atoms with Gasteiger partial charge in [-0.1, -0.05) is 54.4 Å². The van der Waals surface area contributed by atoms with Crippen molar-refractivity contribution in [1.82, 2.24) is 0 Å². The van der Waals surface area contributed by atoms with Gasteiger partial charge in [0.2, 0.25) is 5.91 Å². The minimum absolute atomic E-state index is 0.103. The van der Waals surface area contributed by atoms with Gasteiger partial charge in [0, 0.05) is 39.9 Å². The number of nitrogens with one attached hydrogen (secondary N) is 1. The highest BCUT2D eigenvalue weighted by atomic mass is 35.5. The van der Waals surface area contributed by atoms with Crippen LogP contribution >= 0.6 is 11.6 Å². The van der Waals surface area contributed by atoms with Crippen LogP contribution in [0.25, 0.3) is 22.3 Å². The lowest BCUT2D eigenvalue weighted by Gasteiger charge is -2.20. The van der Waals surface area contributed by atoms with Crippen LogP contribution in [0.15, 0.2) is 79.0 Å². The van der Waals surface area contributed by atoms with Crippen LogP contribution in [0.4, 0.5) is 5.69 Å². The third kappa shape index (κ3) is 6.24. The highest BCUT2D eigenvalue weighted by Gasteiger charge is 2.24. The second-order valence-corrected chi connectivity index (χ2v) is 10.5. The number of nitrogens with zero attached hydrogens (tertiary/aromatic N) is 2. The van der Waals surface area contributed by atoms with Gasteiger partial charge in [-0.05, 0) is 59.9 Å². The average molecular weight is 566 g/mol. The topological polar surface area (TPSA) is 106 Å². The molecule has 0 aliphatic carbocycles. The number of hydrogen-bond donors (Lipinski definition) is 1. The molecule has 1 N–H and O–H groups in total. The van der Waals surface area contributed by atoms with Crippen LogP contribution < -0.4 is 10.0 Å². The van der Waals surface area contributed by atoms with Crippen molar-refractivity contribution in [3.8, 4) is 28.3 Å². The van der Waals surface area contributed by atoms with Crippen molar-refractivity contribution >= 4 is 29.2 Å². The zero-order valence-corrected chi connectivity index (χ0v) is 23.3. The molecule has 0 radical (unpaired) electrons. The molecular weight excluding hydrogens is 538 g/mol. The summed E-state index contributed by atoms with van der Waals surface area (Å²) in [5, 5.41) is 26.5. The van der Waals surface area contributed by atoms with Gasteiger partial charge < -0.3 is 15.3 Å². The summed E-state index contributed by atoms with van der Waals surface area (Å²) in [4.78, 5) is 24.7. The van der Waals surface area contributed by atoms with Crippen molar-refractivity contribution in [3.05, 3.63) is 112 Å². The van der Waals surface area contributed by atoms with E-state index in [2.05, 4.69) is 17.5 Å². The fourth-order valence-corrected chi connectivity index (χ4v) is 5.50. The number of anilines is 1. The maximum absolute atomic E-state index is 13.5. The van der Waals surface area contributed by atoms with Gasteiger partial charge in [0.05, 0.1) is 31.1 Å². The Morgan fingerprint density at radius 3 is 2.71 bits per heavy atom. The molecule has 0 fully saturated rings. The first-order valence-electron chi connectivity index (χ1n) is 13.4. The van der Waals surface area contributed by atoms with Crippen molar-refractivity contribution in [2.24, 2.45) is 0 Å². The lowest BCUT2D eigenvalue weighted by atomic mass is 9.87. The lowest BCUT2D eigenvalue weighted by Crippen LogP contribution is -2.33. The Hall–Kier alpha value is -4.67. The molecule has 1 aliphatic rings. The van der Waals surface area contributed by atoms with E-state index in [1.165, 1.54) is 13.3 Å². The van der Waals surface area contributed by atoms with E-state index >= 15 is 0 Å². The molecule has 2 heterocycles. The Labute approximate surface area is 243 Å². The number of carbonyl (C=O) groups is 2. The number of methoxy groups -OCH3 is 1. The molecule has 1 amide bonds. The molecule has 1 aromatic heterocycles. The molecule has 3 aromatic carbocycles. The van der Waals surface area contributed by atoms with Crippen LogP contribution in [-0.4, -0.2) is 19.0 Å². The van der Waals surface area contributed by atoms with Crippen molar-refractivity contribution in [1.29, 1.82) is 5.26 Å². The highest BCUT2D eigenvalue weighted by molar-refractivity contribution is 6.30. The molecule has 0 saturated carbocycles. The lowest BCUT2D eigenvalue weighted by molar-refractivity contribution is -0.614. The standard InChI is InChI=1S/C33H28ClN3O4/c1-41-33(39)16-21-9-13-27-22-5-4-6-23(17-22)28(7-2-3-8-32(38)36-30(27)15-21)31-14-11-25(20-37(31)40)29-18-26(34)12-10-24(29)19-35/h4-6,9-15,17-18,20,28H,2-3,7-8,16H2,1H3,(H,36,38). The van der Waals surface area contributed by atoms with Gasteiger partial charge in [0.1, 0.15) is 0 Å². The molecule has 1 unspecified atom stereocenters. The van der Waals surface area contributed by atoms with E-state index in [0.717, 1.165) is 33.4 Å². The molecule has 41 heavy (non-hydrogen) atoms. The van der Waals surface area contributed by atoms with E-state index in [1.54, 1.807) is 18.2 Å². The number of fused-ring (bicyclic) bond motifs is 4. The Bertz CT molecular complexity index is 1680. The molecule has 1 aliphatic heterocycles. The van der Waals surface area contributed by atoms with Crippen LogP contribution in [0.1, 0.15) is 54.0 Å². The van der Waals surface area contributed by atoms with Gasteiger partial charge in [-0.25, -0.2) is 0 Å². The fourth-order valence-electron chi connectivity index (χ4n) is 5.32. The van der Waals surface area contributed by atoms with Crippen LogP contribution in [-0.2, 0) is 20.7 Å². The van der Waals surface area contributed by atoms with E-state index in [-0.39, 0.29) is 24.2 Å². The first-order valence-corrected chi connectivity index (χ1v) is 13.8. The predicted molar refractivity (Wildman–Crippen MR) is 157 cm³/mol. The fraction of sp³-hybridized carbons (Fsp3) is 0.212. The van der Waals surface area contributed by atoms with Gasteiger partial charge >= 0.3 is 5.97 Å². The number of carbonyl (C=O) groups excluding carboxylic acids is 2. The van der Waals surface area contributed by atoms with E-state index in [4.69, 9.17) is 16.3 Å². The molecule has 5 rings (SSSR count). The third-order valence-corrected chi connectivity index (χ3v) is 7.63. The SMILES string of the molecule is COC(=O)Cc1ccc2c(c1)NC(=O)CCCCC(c1ccc(-c3cc(Cl)ccc3C#N)c[n+]1[O-])c1cccc-2c1. The summed E-state index contributed by atoms with van der Waals surface area (Å²) < 4.78 is 5.68. The van der Waals surface area contributed by atoms with Crippen molar-refractivity contribution in [3.63, 3.8) is 0 Å². The molecule has 4 aromatic rings. The van der Waals surface area contributed by atoms with Gasteiger partial charge in [-0.2, -0.15) is 9.99 Å². The Balaban J connectivity index is 1.56. The molecule has 7 nitrogen and oxygen atoms in total. The van der Waals surface area contributed by atoms with Crippen LogP contribution in [0, 0.1) is 16.5 Å². The molecule has 2 bridgehead atoms. The summed E-state index contributed by atoms with van der Waals surface area (Å²) in [6, 6.07) is 24.4. The molecule has 8 heteroatoms. The second-order valence-electron chi connectivity index (χ2n) is 10.1. The Morgan fingerprint density at radius 1 is 1.07 bits per heavy atom.